The Balaban J connectivity index is 2.30. The van der Waals surface area contributed by atoms with Gasteiger partial charge in [0.25, 0.3) is 0 Å². The summed E-state index contributed by atoms with van der Waals surface area (Å²) < 4.78 is 66.3. The van der Waals surface area contributed by atoms with Crippen LogP contribution in [-0.2, 0) is 0 Å². The standard InChI is InChI=1S/C14H16F5N/c1-6-3-4-8(7(2)5-6)20-14-12(18)10(16)9(15)11(17)13(14)19/h6-8,20H,3-5H2,1-2H3. The fraction of sp³-hybridized carbons (Fsp3) is 0.571. The zero-order valence-corrected chi connectivity index (χ0v) is 11.2. The first kappa shape index (κ1) is 15.1. The molecule has 1 N–H and O–H groups in total. The van der Waals surface area contributed by atoms with Gasteiger partial charge in [-0.1, -0.05) is 13.8 Å². The van der Waals surface area contributed by atoms with Crippen molar-refractivity contribution in [3.05, 3.63) is 29.1 Å². The van der Waals surface area contributed by atoms with Crippen molar-refractivity contribution in [1.82, 2.24) is 0 Å². The van der Waals surface area contributed by atoms with Gasteiger partial charge in [0.05, 0.1) is 0 Å². The molecule has 3 unspecified atom stereocenters. The maximum absolute atomic E-state index is 13.6. The quantitative estimate of drug-likeness (QED) is 0.476. The van der Waals surface area contributed by atoms with Crippen molar-refractivity contribution in [2.75, 3.05) is 5.32 Å². The summed E-state index contributed by atoms with van der Waals surface area (Å²) in [7, 11) is 0. The molecule has 0 aromatic heterocycles. The van der Waals surface area contributed by atoms with Crippen molar-refractivity contribution in [2.24, 2.45) is 11.8 Å². The molecule has 0 amide bonds. The Bertz CT molecular complexity index is 488. The van der Waals surface area contributed by atoms with E-state index in [0.717, 1.165) is 12.8 Å². The van der Waals surface area contributed by atoms with Gasteiger partial charge in [0.15, 0.2) is 23.3 Å². The Morgan fingerprint density at radius 3 is 1.80 bits per heavy atom. The Morgan fingerprint density at radius 1 is 0.800 bits per heavy atom. The van der Waals surface area contributed by atoms with E-state index in [1.54, 1.807) is 0 Å². The number of nitrogens with one attached hydrogen (secondary N) is 1. The Morgan fingerprint density at radius 2 is 1.30 bits per heavy atom. The summed E-state index contributed by atoms with van der Waals surface area (Å²) in [5.74, 6) is -8.95. The summed E-state index contributed by atoms with van der Waals surface area (Å²) >= 11 is 0. The van der Waals surface area contributed by atoms with Crippen LogP contribution in [0.15, 0.2) is 0 Å². The molecule has 1 fully saturated rings. The van der Waals surface area contributed by atoms with Crippen LogP contribution >= 0.6 is 0 Å². The van der Waals surface area contributed by atoms with Crippen LogP contribution in [0.3, 0.4) is 0 Å². The number of halogens is 5. The van der Waals surface area contributed by atoms with E-state index in [0.29, 0.717) is 12.3 Å². The van der Waals surface area contributed by atoms with Crippen molar-refractivity contribution in [3.63, 3.8) is 0 Å². The molecule has 1 aliphatic carbocycles. The highest BCUT2D eigenvalue weighted by Gasteiger charge is 2.30. The molecular formula is C14H16F5N. The summed E-state index contributed by atoms with van der Waals surface area (Å²) in [6.07, 6.45) is 2.35. The first-order valence-corrected chi connectivity index (χ1v) is 6.60. The lowest BCUT2D eigenvalue weighted by Gasteiger charge is -2.34. The van der Waals surface area contributed by atoms with Crippen molar-refractivity contribution < 1.29 is 22.0 Å². The van der Waals surface area contributed by atoms with Gasteiger partial charge in [0.2, 0.25) is 5.82 Å². The number of anilines is 1. The number of benzene rings is 1. The topological polar surface area (TPSA) is 12.0 Å². The Labute approximate surface area is 114 Å². The average Bonchev–Trinajstić information content (AvgIpc) is 2.41. The first-order valence-electron chi connectivity index (χ1n) is 6.60. The summed E-state index contributed by atoms with van der Waals surface area (Å²) in [5.41, 5.74) is -0.923. The predicted octanol–water partition coefficient (Wildman–Crippen LogP) is 4.62. The summed E-state index contributed by atoms with van der Waals surface area (Å²) in [5, 5.41) is 2.50. The minimum Gasteiger partial charge on any atom is -0.377 e. The highest BCUT2D eigenvalue weighted by atomic mass is 19.2. The molecule has 1 aromatic carbocycles. The normalized spacial score (nSPS) is 26.6. The number of hydrogen-bond acceptors (Lipinski definition) is 1. The number of rotatable bonds is 2. The van der Waals surface area contributed by atoms with Gasteiger partial charge in [-0.25, -0.2) is 22.0 Å². The molecule has 6 heteroatoms. The molecule has 20 heavy (non-hydrogen) atoms. The van der Waals surface area contributed by atoms with Crippen LogP contribution in [0.4, 0.5) is 27.6 Å². The molecule has 1 nitrogen and oxygen atoms in total. The Kier molecular flexibility index (Phi) is 4.20. The van der Waals surface area contributed by atoms with Gasteiger partial charge in [0, 0.05) is 6.04 Å². The zero-order chi connectivity index (χ0) is 15.0. The molecule has 1 saturated carbocycles. The smallest absolute Gasteiger partial charge is 0.200 e. The second kappa shape index (κ2) is 5.58. The second-order valence-corrected chi connectivity index (χ2v) is 5.59. The molecule has 0 heterocycles. The van der Waals surface area contributed by atoms with Crippen LogP contribution in [0.25, 0.3) is 0 Å². The van der Waals surface area contributed by atoms with E-state index in [1.807, 2.05) is 6.92 Å². The lowest BCUT2D eigenvalue weighted by Crippen LogP contribution is -2.34. The highest BCUT2D eigenvalue weighted by Crippen LogP contribution is 2.33. The third-order valence-electron chi connectivity index (χ3n) is 3.97. The van der Waals surface area contributed by atoms with E-state index in [1.165, 1.54) is 0 Å². The molecule has 0 aliphatic heterocycles. The highest BCUT2D eigenvalue weighted by molar-refractivity contribution is 5.48. The van der Waals surface area contributed by atoms with Crippen LogP contribution in [0.2, 0.25) is 0 Å². The Hall–Kier alpha value is -1.33. The second-order valence-electron chi connectivity index (χ2n) is 5.59. The van der Waals surface area contributed by atoms with Crippen molar-refractivity contribution >= 4 is 5.69 Å². The van der Waals surface area contributed by atoms with Gasteiger partial charge in [-0.2, -0.15) is 0 Å². The third-order valence-corrected chi connectivity index (χ3v) is 3.97. The van der Waals surface area contributed by atoms with Crippen molar-refractivity contribution in [3.8, 4) is 0 Å². The minimum absolute atomic E-state index is 0.105. The van der Waals surface area contributed by atoms with Crippen LogP contribution in [0.1, 0.15) is 33.1 Å². The lowest BCUT2D eigenvalue weighted by atomic mass is 9.80. The molecule has 3 atom stereocenters. The minimum atomic E-state index is -2.13. The molecule has 0 bridgehead atoms. The van der Waals surface area contributed by atoms with E-state index < -0.39 is 34.8 Å². The van der Waals surface area contributed by atoms with Crippen LogP contribution in [0.5, 0.6) is 0 Å². The fourth-order valence-electron chi connectivity index (χ4n) is 2.80. The first-order chi connectivity index (χ1) is 9.32. The third kappa shape index (κ3) is 2.60. The van der Waals surface area contributed by atoms with E-state index in [-0.39, 0.29) is 12.0 Å². The molecule has 0 saturated heterocycles. The largest absolute Gasteiger partial charge is 0.377 e. The zero-order valence-electron chi connectivity index (χ0n) is 11.2. The van der Waals surface area contributed by atoms with Crippen molar-refractivity contribution in [2.45, 2.75) is 39.2 Å². The molecule has 112 valence electrons. The maximum atomic E-state index is 13.6. The monoisotopic (exact) mass is 293 g/mol. The SMILES string of the molecule is CC1CCC(Nc2c(F)c(F)c(F)c(F)c2F)C(C)C1. The van der Waals surface area contributed by atoms with Gasteiger partial charge in [0.1, 0.15) is 5.69 Å². The summed E-state index contributed by atoms with van der Waals surface area (Å²) in [6.45, 7) is 3.98. The molecular weight excluding hydrogens is 277 g/mol. The number of hydrogen-bond donors (Lipinski definition) is 1. The molecule has 2 rings (SSSR count). The van der Waals surface area contributed by atoms with E-state index in [2.05, 4.69) is 12.2 Å². The summed E-state index contributed by atoms with van der Waals surface area (Å²) in [6, 6.07) is -0.292. The summed E-state index contributed by atoms with van der Waals surface area (Å²) in [4.78, 5) is 0. The van der Waals surface area contributed by atoms with Gasteiger partial charge < -0.3 is 5.32 Å². The van der Waals surface area contributed by atoms with Crippen LogP contribution in [-0.4, -0.2) is 6.04 Å². The fourth-order valence-corrected chi connectivity index (χ4v) is 2.80. The van der Waals surface area contributed by atoms with E-state index in [4.69, 9.17) is 0 Å². The molecule has 1 aromatic rings. The van der Waals surface area contributed by atoms with Crippen molar-refractivity contribution in [1.29, 1.82) is 0 Å². The van der Waals surface area contributed by atoms with Gasteiger partial charge in [-0.15, -0.1) is 0 Å². The molecule has 0 spiro atoms. The molecule has 1 aliphatic rings. The van der Waals surface area contributed by atoms with Gasteiger partial charge in [-0.3, -0.25) is 0 Å². The predicted molar refractivity (Wildman–Crippen MR) is 65.8 cm³/mol. The van der Waals surface area contributed by atoms with Crippen LogP contribution in [0, 0.1) is 40.9 Å². The molecule has 0 radical (unpaired) electrons. The average molecular weight is 293 g/mol. The van der Waals surface area contributed by atoms with Gasteiger partial charge in [-0.05, 0) is 31.1 Å². The lowest BCUT2D eigenvalue weighted by molar-refractivity contribution is 0.274. The van der Waals surface area contributed by atoms with E-state index >= 15 is 0 Å². The maximum Gasteiger partial charge on any atom is 0.200 e. The van der Waals surface area contributed by atoms with Crippen LogP contribution < -0.4 is 5.32 Å². The van der Waals surface area contributed by atoms with E-state index in [9.17, 15) is 22.0 Å². The van der Waals surface area contributed by atoms with Gasteiger partial charge >= 0.3 is 0 Å².